The van der Waals surface area contributed by atoms with Crippen LogP contribution in [0.3, 0.4) is 0 Å². The highest BCUT2D eigenvalue weighted by atomic mass is 35.5. The van der Waals surface area contributed by atoms with Crippen molar-refractivity contribution in [3.63, 3.8) is 0 Å². The Morgan fingerprint density at radius 3 is 2.38 bits per heavy atom. The molecule has 0 bridgehead atoms. The van der Waals surface area contributed by atoms with Crippen LogP contribution in [0.1, 0.15) is 24.3 Å². The largest absolute Gasteiger partial charge is 0.502 e. The van der Waals surface area contributed by atoms with Gasteiger partial charge in [-0.1, -0.05) is 18.2 Å². The Morgan fingerprint density at radius 1 is 1.21 bits per heavy atom. The third-order valence-corrected chi connectivity index (χ3v) is 5.14. The summed E-state index contributed by atoms with van der Waals surface area (Å²) in [5, 5.41) is 20.5. The lowest BCUT2D eigenvalue weighted by Crippen LogP contribution is -2.33. The third kappa shape index (κ3) is 4.02. The number of allylic oxidation sites excluding steroid dienone is 1. The molecule has 0 aliphatic carbocycles. The van der Waals surface area contributed by atoms with Crippen molar-refractivity contribution >= 4 is 23.0 Å². The number of nitrogens with two attached hydrogens (primary N) is 1. The van der Waals surface area contributed by atoms with E-state index in [2.05, 4.69) is 0 Å². The van der Waals surface area contributed by atoms with E-state index >= 15 is 0 Å². The van der Waals surface area contributed by atoms with Crippen molar-refractivity contribution in [1.29, 1.82) is 0 Å². The fourth-order valence-corrected chi connectivity index (χ4v) is 3.53. The molecule has 1 heterocycles. The van der Waals surface area contributed by atoms with Crippen LogP contribution in [0.15, 0.2) is 42.2 Å². The first-order valence-electron chi connectivity index (χ1n) is 9.09. The van der Waals surface area contributed by atoms with Gasteiger partial charge < -0.3 is 35.1 Å². The number of hydrogen-bond donors (Lipinski definition) is 3. The summed E-state index contributed by atoms with van der Waals surface area (Å²) >= 11 is 5.87. The number of halogens is 1. The number of ether oxygens (including phenoxy) is 3. The molecule has 7 nitrogen and oxygen atoms in total. The van der Waals surface area contributed by atoms with Gasteiger partial charge in [-0.15, -0.1) is 11.6 Å². The first-order chi connectivity index (χ1) is 13.9. The zero-order chi connectivity index (χ0) is 21.1. The van der Waals surface area contributed by atoms with Crippen LogP contribution in [0, 0.1) is 0 Å². The highest BCUT2D eigenvalue weighted by Gasteiger charge is 2.36. The zero-order valence-electron chi connectivity index (χ0n) is 16.6. The predicted molar refractivity (Wildman–Crippen MR) is 112 cm³/mol. The molecule has 1 aliphatic rings. The maximum absolute atomic E-state index is 10.3. The minimum atomic E-state index is -0.783. The first-order valence-corrected chi connectivity index (χ1v) is 9.62. The topological polar surface area (TPSA) is 97.4 Å². The van der Waals surface area contributed by atoms with Crippen molar-refractivity contribution in [2.75, 3.05) is 32.4 Å². The van der Waals surface area contributed by atoms with Crippen LogP contribution >= 0.6 is 11.6 Å². The zero-order valence-corrected chi connectivity index (χ0v) is 17.3. The molecule has 2 atom stereocenters. The number of nitrogens with zero attached hydrogens (tertiary/aromatic N) is 1. The number of aromatic hydroxyl groups is 1. The van der Waals surface area contributed by atoms with Crippen molar-refractivity contribution in [2.45, 2.75) is 19.3 Å². The molecule has 0 radical (unpaired) electrons. The summed E-state index contributed by atoms with van der Waals surface area (Å²) in [6, 6.07) is 10.8. The van der Waals surface area contributed by atoms with E-state index in [1.807, 2.05) is 36.1 Å². The molecular formula is C21H25ClN2O5. The van der Waals surface area contributed by atoms with Crippen LogP contribution in [-0.4, -0.2) is 47.9 Å². The Hall–Kier alpha value is -2.77. The van der Waals surface area contributed by atoms with Gasteiger partial charge in [0.1, 0.15) is 5.76 Å². The van der Waals surface area contributed by atoms with Crippen LogP contribution in [0.2, 0.25) is 0 Å². The standard InChI is InChI=1S/C21H25ClN2O5/c1-12-19(15-6-4-5-7-16(15)23)24(11-14(25)10-22)21(29-12)13-8-17(27-2)20(26)18(9-13)28-3/h4-9,14,21,25-26H,10-11,23H2,1-3H3. The molecule has 3 rings (SSSR count). The second-order valence-corrected chi connectivity index (χ2v) is 7.01. The summed E-state index contributed by atoms with van der Waals surface area (Å²) in [6.07, 6.45) is -1.37. The number of hydrogen-bond acceptors (Lipinski definition) is 7. The Labute approximate surface area is 174 Å². The SMILES string of the molecule is COc1cc(C2OC(C)=C(c3ccccc3N)N2CC(O)CCl)cc(OC)c1O. The van der Waals surface area contributed by atoms with Crippen LogP contribution in [0.5, 0.6) is 17.2 Å². The first kappa shape index (κ1) is 21.0. The van der Waals surface area contributed by atoms with Gasteiger partial charge >= 0.3 is 0 Å². The van der Waals surface area contributed by atoms with Gasteiger partial charge in [0.2, 0.25) is 5.75 Å². The van der Waals surface area contributed by atoms with Gasteiger partial charge in [0, 0.05) is 23.4 Å². The molecule has 2 aromatic rings. The smallest absolute Gasteiger partial charge is 0.200 e. The number of β-amino-alcohol motifs (C(OH)–C–C–N with tert-alkyl or cyclic N) is 1. The normalized spacial score (nSPS) is 17.3. The summed E-state index contributed by atoms with van der Waals surface area (Å²) in [5.74, 6) is 1.14. The molecule has 0 amide bonds. The highest BCUT2D eigenvalue weighted by Crippen LogP contribution is 2.46. The highest BCUT2D eigenvalue weighted by molar-refractivity contribution is 6.18. The number of phenols is 1. The number of para-hydroxylation sites is 1. The second kappa shape index (κ2) is 8.71. The average Bonchev–Trinajstić information content (AvgIpc) is 3.04. The van der Waals surface area contributed by atoms with Crippen molar-refractivity contribution in [2.24, 2.45) is 0 Å². The molecule has 0 fully saturated rings. The van der Waals surface area contributed by atoms with Crippen LogP contribution in [0.4, 0.5) is 5.69 Å². The molecule has 8 heteroatoms. The monoisotopic (exact) mass is 420 g/mol. The van der Waals surface area contributed by atoms with Crippen LogP contribution in [0.25, 0.3) is 5.70 Å². The summed E-state index contributed by atoms with van der Waals surface area (Å²) in [6.45, 7) is 2.07. The number of anilines is 1. The van der Waals surface area contributed by atoms with E-state index in [0.29, 0.717) is 17.0 Å². The van der Waals surface area contributed by atoms with E-state index in [0.717, 1.165) is 11.3 Å². The van der Waals surface area contributed by atoms with E-state index in [9.17, 15) is 10.2 Å². The Bertz CT molecular complexity index is 893. The quantitative estimate of drug-likeness (QED) is 0.467. The van der Waals surface area contributed by atoms with Gasteiger partial charge in [0.05, 0.1) is 31.9 Å². The Morgan fingerprint density at radius 2 is 1.83 bits per heavy atom. The number of phenolic OH excluding ortho intramolecular Hbond substituents is 1. The molecule has 2 unspecified atom stereocenters. The van der Waals surface area contributed by atoms with Crippen molar-refractivity contribution in [3.05, 3.63) is 53.3 Å². The Kier molecular flexibility index (Phi) is 6.30. The molecular weight excluding hydrogens is 396 g/mol. The molecule has 0 saturated heterocycles. The molecule has 29 heavy (non-hydrogen) atoms. The van der Waals surface area contributed by atoms with Gasteiger partial charge in [-0.25, -0.2) is 0 Å². The van der Waals surface area contributed by atoms with Crippen molar-refractivity contribution in [3.8, 4) is 17.2 Å². The molecule has 0 aromatic heterocycles. The number of aliphatic hydroxyl groups is 1. The second-order valence-electron chi connectivity index (χ2n) is 6.70. The van der Waals surface area contributed by atoms with E-state index < -0.39 is 12.3 Å². The maximum atomic E-state index is 10.3. The number of methoxy groups -OCH3 is 2. The molecule has 0 saturated carbocycles. The van der Waals surface area contributed by atoms with Gasteiger partial charge in [0.15, 0.2) is 17.7 Å². The third-order valence-electron chi connectivity index (χ3n) is 4.78. The molecule has 156 valence electrons. The lowest BCUT2D eigenvalue weighted by molar-refractivity contribution is 0.0240. The number of nitrogen functional groups attached to an aromatic ring is 1. The lowest BCUT2D eigenvalue weighted by atomic mass is 10.1. The number of benzene rings is 2. The van der Waals surface area contributed by atoms with Crippen LogP contribution < -0.4 is 15.2 Å². The van der Waals surface area contributed by atoms with Gasteiger partial charge in [-0.2, -0.15) is 0 Å². The average molecular weight is 421 g/mol. The fraction of sp³-hybridized carbons (Fsp3) is 0.333. The van der Waals surface area contributed by atoms with Crippen molar-refractivity contribution < 1.29 is 24.4 Å². The molecule has 4 N–H and O–H groups in total. The summed E-state index contributed by atoms with van der Waals surface area (Å²) in [7, 11) is 2.92. The molecule has 1 aliphatic heterocycles. The summed E-state index contributed by atoms with van der Waals surface area (Å²) in [4.78, 5) is 1.90. The summed E-state index contributed by atoms with van der Waals surface area (Å²) in [5.41, 5.74) is 9.05. The predicted octanol–water partition coefficient (Wildman–Crippen LogP) is 3.31. The summed E-state index contributed by atoms with van der Waals surface area (Å²) < 4.78 is 16.7. The maximum Gasteiger partial charge on any atom is 0.200 e. The van der Waals surface area contributed by atoms with Gasteiger partial charge in [0.25, 0.3) is 0 Å². The van der Waals surface area contributed by atoms with Crippen LogP contribution in [-0.2, 0) is 4.74 Å². The van der Waals surface area contributed by atoms with E-state index in [-0.39, 0.29) is 29.7 Å². The van der Waals surface area contributed by atoms with Gasteiger partial charge in [-0.05, 0) is 25.1 Å². The minimum Gasteiger partial charge on any atom is -0.502 e. The van der Waals surface area contributed by atoms with Crippen molar-refractivity contribution in [1.82, 2.24) is 4.90 Å². The molecule has 0 spiro atoms. The van der Waals surface area contributed by atoms with E-state index in [1.54, 1.807) is 12.1 Å². The van der Waals surface area contributed by atoms with Gasteiger partial charge in [-0.3, -0.25) is 0 Å². The number of alkyl halides is 1. The minimum absolute atomic E-state index is 0.0715. The Balaban J connectivity index is 2.09. The number of rotatable bonds is 7. The fourth-order valence-electron chi connectivity index (χ4n) is 3.43. The lowest BCUT2D eigenvalue weighted by Gasteiger charge is -2.30. The van der Waals surface area contributed by atoms with E-state index in [1.165, 1.54) is 14.2 Å². The van der Waals surface area contributed by atoms with E-state index in [4.69, 9.17) is 31.5 Å². The number of aliphatic hydroxyl groups excluding tert-OH is 1. The molecule has 2 aromatic carbocycles.